The van der Waals surface area contributed by atoms with Gasteiger partial charge in [0.05, 0.1) is 0 Å². The molecule has 1 amide bonds. The summed E-state index contributed by atoms with van der Waals surface area (Å²) in [7, 11) is 0. The first-order valence-electron chi connectivity index (χ1n) is 6.29. The molecule has 0 radical (unpaired) electrons. The number of hydrogen-bond acceptors (Lipinski definition) is 3. The number of amides is 1. The molecule has 0 saturated carbocycles. The van der Waals surface area contributed by atoms with Gasteiger partial charge in [-0.25, -0.2) is 4.79 Å². The molecule has 0 fully saturated rings. The van der Waals surface area contributed by atoms with Gasteiger partial charge in [0.1, 0.15) is 5.75 Å². The molecule has 2 aromatic carbocycles. The maximum absolute atomic E-state index is 11.8. The van der Waals surface area contributed by atoms with Crippen molar-refractivity contribution < 1.29 is 9.53 Å². The van der Waals surface area contributed by atoms with E-state index in [0.29, 0.717) is 16.5 Å². The third-order valence-corrected chi connectivity index (χ3v) is 3.13. The van der Waals surface area contributed by atoms with Crippen molar-refractivity contribution in [2.75, 3.05) is 5.32 Å². The lowest BCUT2D eigenvalue weighted by molar-refractivity contribution is 0.215. The molecule has 0 aliphatic rings. The van der Waals surface area contributed by atoms with E-state index in [2.05, 4.69) is 10.3 Å². The van der Waals surface area contributed by atoms with E-state index in [1.807, 2.05) is 18.2 Å². The van der Waals surface area contributed by atoms with Crippen LogP contribution in [-0.4, -0.2) is 11.1 Å². The number of fused-ring (bicyclic) bond motifs is 1. The molecule has 3 aromatic rings. The van der Waals surface area contributed by atoms with Crippen LogP contribution in [0.1, 0.15) is 0 Å². The minimum Gasteiger partial charge on any atom is -0.410 e. The zero-order valence-corrected chi connectivity index (χ0v) is 11.7. The minimum atomic E-state index is -0.564. The van der Waals surface area contributed by atoms with Gasteiger partial charge in [0.2, 0.25) is 0 Å². The molecule has 3 rings (SSSR count). The van der Waals surface area contributed by atoms with Gasteiger partial charge in [-0.2, -0.15) is 0 Å². The SMILES string of the molecule is O=C(Nc1ccc2cnccc2c1)Oc1cccc(Cl)c1. The van der Waals surface area contributed by atoms with E-state index in [1.165, 1.54) is 0 Å². The third kappa shape index (κ3) is 3.30. The highest BCUT2D eigenvalue weighted by Crippen LogP contribution is 2.20. The van der Waals surface area contributed by atoms with E-state index in [1.54, 1.807) is 42.7 Å². The lowest BCUT2D eigenvalue weighted by atomic mass is 10.1. The van der Waals surface area contributed by atoms with Crippen LogP contribution in [0.4, 0.5) is 10.5 Å². The van der Waals surface area contributed by atoms with E-state index in [4.69, 9.17) is 16.3 Å². The maximum atomic E-state index is 11.8. The molecule has 104 valence electrons. The lowest BCUT2D eigenvalue weighted by Gasteiger charge is -2.07. The number of hydrogen-bond donors (Lipinski definition) is 1. The molecule has 21 heavy (non-hydrogen) atoms. The van der Waals surface area contributed by atoms with E-state index < -0.39 is 6.09 Å². The van der Waals surface area contributed by atoms with Gasteiger partial charge < -0.3 is 4.74 Å². The van der Waals surface area contributed by atoms with Crippen LogP contribution in [-0.2, 0) is 0 Å². The van der Waals surface area contributed by atoms with Crippen molar-refractivity contribution in [3.8, 4) is 5.75 Å². The molecule has 0 atom stereocenters. The number of carbonyl (C=O) groups is 1. The fourth-order valence-electron chi connectivity index (χ4n) is 1.94. The van der Waals surface area contributed by atoms with Crippen molar-refractivity contribution in [1.29, 1.82) is 0 Å². The summed E-state index contributed by atoms with van der Waals surface area (Å²) in [4.78, 5) is 15.9. The molecule has 5 heteroatoms. The normalized spacial score (nSPS) is 10.3. The Morgan fingerprint density at radius 3 is 2.86 bits per heavy atom. The topological polar surface area (TPSA) is 51.2 Å². The Morgan fingerprint density at radius 1 is 1.10 bits per heavy atom. The Labute approximate surface area is 126 Å². The predicted octanol–water partition coefficient (Wildman–Crippen LogP) is 4.50. The van der Waals surface area contributed by atoms with Crippen LogP contribution in [0, 0.1) is 0 Å². The number of carbonyl (C=O) groups excluding carboxylic acids is 1. The Morgan fingerprint density at radius 2 is 2.00 bits per heavy atom. The summed E-state index contributed by atoms with van der Waals surface area (Å²) in [6.45, 7) is 0. The van der Waals surface area contributed by atoms with Crippen molar-refractivity contribution in [3.63, 3.8) is 0 Å². The molecule has 4 nitrogen and oxygen atoms in total. The van der Waals surface area contributed by atoms with Gasteiger partial charge >= 0.3 is 6.09 Å². The second-order valence-electron chi connectivity index (χ2n) is 4.41. The van der Waals surface area contributed by atoms with Crippen LogP contribution < -0.4 is 10.1 Å². The lowest BCUT2D eigenvalue weighted by Crippen LogP contribution is -2.16. The predicted molar refractivity (Wildman–Crippen MR) is 82.8 cm³/mol. The number of benzene rings is 2. The van der Waals surface area contributed by atoms with Crippen LogP contribution in [0.25, 0.3) is 10.8 Å². The monoisotopic (exact) mass is 298 g/mol. The molecular weight excluding hydrogens is 288 g/mol. The number of nitrogens with zero attached hydrogens (tertiary/aromatic N) is 1. The maximum Gasteiger partial charge on any atom is 0.417 e. The van der Waals surface area contributed by atoms with Gasteiger partial charge in [-0.05, 0) is 41.8 Å². The van der Waals surface area contributed by atoms with Crippen LogP contribution >= 0.6 is 11.6 Å². The molecule has 0 aliphatic carbocycles. The van der Waals surface area contributed by atoms with E-state index >= 15 is 0 Å². The smallest absolute Gasteiger partial charge is 0.410 e. The second kappa shape index (κ2) is 5.81. The number of anilines is 1. The molecule has 0 spiro atoms. The molecule has 1 N–H and O–H groups in total. The second-order valence-corrected chi connectivity index (χ2v) is 4.85. The number of pyridine rings is 1. The van der Waals surface area contributed by atoms with Crippen molar-refractivity contribution in [2.24, 2.45) is 0 Å². The molecule has 1 heterocycles. The fraction of sp³-hybridized carbons (Fsp3) is 0. The van der Waals surface area contributed by atoms with E-state index in [0.717, 1.165) is 10.8 Å². The van der Waals surface area contributed by atoms with Gasteiger partial charge in [-0.1, -0.05) is 23.7 Å². The first kappa shape index (κ1) is 13.4. The zero-order chi connectivity index (χ0) is 14.7. The molecule has 0 unspecified atom stereocenters. The molecule has 1 aromatic heterocycles. The molecule has 0 aliphatic heterocycles. The standard InChI is InChI=1S/C16H11ClN2O2/c17-13-2-1-3-15(9-13)21-16(20)19-14-5-4-12-10-18-7-6-11(12)8-14/h1-10H,(H,19,20). The highest BCUT2D eigenvalue weighted by molar-refractivity contribution is 6.30. The van der Waals surface area contributed by atoms with Gasteiger partial charge in [-0.15, -0.1) is 0 Å². The highest BCUT2D eigenvalue weighted by atomic mass is 35.5. The van der Waals surface area contributed by atoms with Crippen LogP contribution in [0.2, 0.25) is 5.02 Å². The number of aromatic nitrogens is 1. The average molecular weight is 299 g/mol. The Hall–Kier alpha value is -2.59. The van der Waals surface area contributed by atoms with E-state index in [-0.39, 0.29) is 0 Å². The van der Waals surface area contributed by atoms with Gasteiger partial charge in [0.25, 0.3) is 0 Å². The van der Waals surface area contributed by atoms with Crippen LogP contribution in [0.5, 0.6) is 5.75 Å². The Bertz CT molecular complexity index is 805. The molecule has 0 bridgehead atoms. The number of nitrogens with one attached hydrogen (secondary N) is 1. The Balaban J connectivity index is 1.74. The summed E-state index contributed by atoms with van der Waals surface area (Å²) in [5, 5.41) is 5.19. The van der Waals surface area contributed by atoms with Crippen molar-refractivity contribution in [1.82, 2.24) is 4.98 Å². The Kier molecular flexibility index (Phi) is 3.71. The zero-order valence-electron chi connectivity index (χ0n) is 10.9. The van der Waals surface area contributed by atoms with Crippen molar-refractivity contribution >= 4 is 34.2 Å². The molecule has 0 saturated heterocycles. The van der Waals surface area contributed by atoms with Gasteiger partial charge in [-0.3, -0.25) is 10.3 Å². The number of rotatable bonds is 2. The summed E-state index contributed by atoms with van der Waals surface area (Å²) in [5.74, 6) is 0.394. The highest BCUT2D eigenvalue weighted by Gasteiger charge is 2.06. The first-order valence-corrected chi connectivity index (χ1v) is 6.67. The van der Waals surface area contributed by atoms with Gasteiger partial charge in [0, 0.05) is 28.5 Å². The van der Waals surface area contributed by atoms with Crippen molar-refractivity contribution in [3.05, 3.63) is 65.9 Å². The molecular formula is C16H11ClN2O2. The largest absolute Gasteiger partial charge is 0.417 e. The summed E-state index contributed by atoms with van der Waals surface area (Å²) in [6.07, 6.45) is 2.91. The summed E-state index contributed by atoms with van der Waals surface area (Å²) in [5.41, 5.74) is 0.653. The van der Waals surface area contributed by atoms with Crippen LogP contribution in [0.3, 0.4) is 0 Å². The fourth-order valence-corrected chi connectivity index (χ4v) is 2.12. The number of halogens is 1. The summed E-state index contributed by atoms with van der Waals surface area (Å²) in [6, 6.07) is 14.1. The minimum absolute atomic E-state index is 0.394. The van der Waals surface area contributed by atoms with Gasteiger partial charge in [0.15, 0.2) is 0 Å². The first-order chi connectivity index (χ1) is 10.2. The third-order valence-electron chi connectivity index (χ3n) is 2.89. The van der Waals surface area contributed by atoms with Crippen LogP contribution in [0.15, 0.2) is 60.9 Å². The quantitative estimate of drug-likeness (QED) is 0.758. The number of ether oxygens (including phenoxy) is 1. The summed E-state index contributed by atoms with van der Waals surface area (Å²) < 4.78 is 5.16. The van der Waals surface area contributed by atoms with E-state index in [9.17, 15) is 4.79 Å². The summed E-state index contributed by atoms with van der Waals surface area (Å²) >= 11 is 5.84. The van der Waals surface area contributed by atoms with Crippen molar-refractivity contribution in [2.45, 2.75) is 0 Å². The average Bonchev–Trinajstić information content (AvgIpc) is 2.47.